The van der Waals surface area contributed by atoms with Gasteiger partial charge in [-0.3, -0.25) is 9.59 Å². The number of hydrogen-bond acceptors (Lipinski definition) is 5. The van der Waals surface area contributed by atoms with Crippen molar-refractivity contribution in [2.75, 3.05) is 13.2 Å². The van der Waals surface area contributed by atoms with E-state index < -0.39 is 0 Å². The monoisotopic (exact) mass is 290 g/mol. The van der Waals surface area contributed by atoms with Crippen LogP contribution in [-0.2, 0) is 0 Å². The number of nitrogens with one attached hydrogen (secondary N) is 1. The molecule has 0 unspecified atom stereocenters. The molecule has 1 aromatic carbocycles. The zero-order valence-corrected chi connectivity index (χ0v) is 11.7. The number of Topliss-reactive ketones (excluding diaryl/α,β-unsaturated/α-hetero) is 1. The number of benzene rings is 1. The second-order valence-corrected chi connectivity index (χ2v) is 5.01. The fourth-order valence-corrected chi connectivity index (χ4v) is 2.44. The molecule has 1 heterocycles. The third kappa shape index (κ3) is 3.28. The van der Waals surface area contributed by atoms with Gasteiger partial charge in [-0.2, -0.15) is 0 Å². The van der Waals surface area contributed by atoms with Crippen LogP contribution in [0.4, 0.5) is 0 Å². The maximum Gasteiger partial charge on any atom is 0.270 e. The van der Waals surface area contributed by atoms with Gasteiger partial charge < -0.3 is 10.4 Å². The van der Waals surface area contributed by atoms with Crippen molar-refractivity contribution in [2.24, 2.45) is 0 Å². The Morgan fingerprint density at radius 2 is 2.20 bits per heavy atom. The molecule has 20 heavy (non-hydrogen) atoms. The van der Waals surface area contributed by atoms with Crippen molar-refractivity contribution in [2.45, 2.75) is 6.92 Å². The topological polar surface area (TPSA) is 79.3 Å². The summed E-state index contributed by atoms with van der Waals surface area (Å²) in [5.74, 6) is -0.325. The standard InChI is InChI=1S/C14H14N2O3S/c1-9(18)10-3-2-4-11(7-10)14-16-12(8-20-14)13(19)15-5-6-17/h2-4,7-8,17H,5-6H2,1H3,(H,15,19). The highest BCUT2D eigenvalue weighted by Crippen LogP contribution is 2.24. The first kappa shape index (κ1) is 14.4. The molecular weight excluding hydrogens is 276 g/mol. The minimum absolute atomic E-state index is 0.00989. The van der Waals surface area contributed by atoms with E-state index in [0.717, 1.165) is 5.56 Å². The van der Waals surface area contributed by atoms with Gasteiger partial charge in [-0.05, 0) is 13.0 Å². The van der Waals surface area contributed by atoms with Crippen molar-refractivity contribution in [3.05, 3.63) is 40.9 Å². The number of rotatable bonds is 5. The molecule has 1 aromatic heterocycles. The summed E-state index contributed by atoms with van der Waals surface area (Å²) in [5, 5.41) is 13.5. The summed E-state index contributed by atoms with van der Waals surface area (Å²) in [6.45, 7) is 1.60. The van der Waals surface area contributed by atoms with E-state index in [4.69, 9.17) is 5.11 Å². The Balaban J connectivity index is 2.22. The van der Waals surface area contributed by atoms with Gasteiger partial charge in [-0.25, -0.2) is 4.98 Å². The molecule has 0 spiro atoms. The Labute approximate surface area is 120 Å². The van der Waals surface area contributed by atoms with E-state index in [9.17, 15) is 9.59 Å². The van der Waals surface area contributed by atoms with Crippen molar-refractivity contribution < 1.29 is 14.7 Å². The lowest BCUT2D eigenvalue weighted by Gasteiger charge is -2.00. The normalized spacial score (nSPS) is 10.3. The number of carbonyl (C=O) groups excluding carboxylic acids is 2. The van der Waals surface area contributed by atoms with E-state index in [1.54, 1.807) is 23.6 Å². The molecule has 2 N–H and O–H groups in total. The maximum absolute atomic E-state index is 11.7. The van der Waals surface area contributed by atoms with E-state index in [1.165, 1.54) is 18.3 Å². The van der Waals surface area contributed by atoms with E-state index in [-0.39, 0.29) is 24.8 Å². The summed E-state index contributed by atoms with van der Waals surface area (Å²) in [4.78, 5) is 27.3. The van der Waals surface area contributed by atoms with Crippen LogP contribution in [-0.4, -0.2) is 34.9 Å². The Kier molecular flexibility index (Phi) is 4.60. The van der Waals surface area contributed by atoms with Crippen LogP contribution in [0.2, 0.25) is 0 Å². The van der Waals surface area contributed by atoms with Gasteiger partial charge in [0, 0.05) is 23.1 Å². The average molecular weight is 290 g/mol. The summed E-state index contributed by atoms with van der Waals surface area (Å²) in [7, 11) is 0. The first-order chi connectivity index (χ1) is 9.61. The number of carbonyl (C=O) groups is 2. The molecule has 2 aromatic rings. The molecule has 0 atom stereocenters. The largest absolute Gasteiger partial charge is 0.395 e. The van der Waals surface area contributed by atoms with Crippen molar-refractivity contribution in [3.63, 3.8) is 0 Å². The second kappa shape index (κ2) is 6.40. The van der Waals surface area contributed by atoms with E-state index in [1.807, 2.05) is 6.07 Å². The molecule has 0 saturated heterocycles. The molecule has 0 radical (unpaired) electrons. The van der Waals surface area contributed by atoms with Gasteiger partial charge in [0.15, 0.2) is 5.78 Å². The van der Waals surface area contributed by atoms with Crippen LogP contribution in [0.1, 0.15) is 27.8 Å². The summed E-state index contributed by atoms with van der Waals surface area (Å²) in [6.07, 6.45) is 0. The van der Waals surface area contributed by atoms with Crippen LogP contribution in [0.15, 0.2) is 29.6 Å². The fraction of sp³-hybridized carbons (Fsp3) is 0.214. The molecule has 0 saturated carbocycles. The lowest BCUT2D eigenvalue weighted by Crippen LogP contribution is -2.26. The summed E-state index contributed by atoms with van der Waals surface area (Å²) in [6, 6.07) is 7.14. The second-order valence-electron chi connectivity index (χ2n) is 4.15. The molecule has 1 amide bonds. The molecule has 0 aliphatic heterocycles. The third-order valence-corrected chi connectivity index (χ3v) is 3.54. The fourth-order valence-electron chi connectivity index (χ4n) is 1.64. The van der Waals surface area contributed by atoms with Crippen LogP contribution in [0.5, 0.6) is 0 Å². The molecule has 104 valence electrons. The van der Waals surface area contributed by atoms with Gasteiger partial charge in [0.05, 0.1) is 6.61 Å². The van der Waals surface area contributed by atoms with Crippen LogP contribution in [0.3, 0.4) is 0 Å². The van der Waals surface area contributed by atoms with Crippen molar-refractivity contribution in [1.82, 2.24) is 10.3 Å². The van der Waals surface area contributed by atoms with E-state index >= 15 is 0 Å². The molecule has 6 heteroatoms. The molecule has 2 rings (SSSR count). The number of aromatic nitrogens is 1. The zero-order chi connectivity index (χ0) is 14.5. The summed E-state index contributed by atoms with van der Waals surface area (Å²) in [5.41, 5.74) is 1.74. The van der Waals surface area contributed by atoms with Gasteiger partial charge >= 0.3 is 0 Å². The Bertz CT molecular complexity index is 637. The number of amides is 1. The van der Waals surface area contributed by atoms with Gasteiger partial charge in [0.2, 0.25) is 0 Å². The Hall–Kier alpha value is -2.05. The number of aliphatic hydroxyl groups is 1. The molecular formula is C14H14N2O3S. The van der Waals surface area contributed by atoms with Gasteiger partial charge in [-0.1, -0.05) is 18.2 Å². The Morgan fingerprint density at radius 1 is 1.40 bits per heavy atom. The number of aliphatic hydroxyl groups excluding tert-OH is 1. The minimum Gasteiger partial charge on any atom is -0.395 e. The predicted molar refractivity (Wildman–Crippen MR) is 77.0 cm³/mol. The lowest BCUT2D eigenvalue weighted by atomic mass is 10.1. The average Bonchev–Trinajstić information content (AvgIpc) is 2.94. The molecule has 0 aliphatic rings. The van der Waals surface area contributed by atoms with E-state index in [2.05, 4.69) is 10.3 Å². The quantitative estimate of drug-likeness (QED) is 0.822. The lowest BCUT2D eigenvalue weighted by molar-refractivity contribution is 0.0939. The van der Waals surface area contributed by atoms with Gasteiger partial charge in [-0.15, -0.1) is 11.3 Å². The summed E-state index contributed by atoms with van der Waals surface area (Å²) < 4.78 is 0. The zero-order valence-electron chi connectivity index (χ0n) is 10.9. The SMILES string of the molecule is CC(=O)c1cccc(-c2nc(C(=O)NCCO)cs2)c1. The van der Waals surface area contributed by atoms with Crippen LogP contribution >= 0.6 is 11.3 Å². The van der Waals surface area contributed by atoms with Crippen molar-refractivity contribution in [1.29, 1.82) is 0 Å². The number of thiazole rings is 1. The summed E-state index contributed by atoms with van der Waals surface area (Å²) >= 11 is 1.34. The Morgan fingerprint density at radius 3 is 2.90 bits per heavy atom. The first-order valence-electron chi connectivity index (χ1n) is 6.08. The van der Waals surface area contributed by atoms with Gasteiger partial charge in [0.25, 0.3) is 5.91 Å². The number of hydrogen-bond donors (Lipinski definition) is 2. The molecule has 0 bridgehead atoms. The highest BCUT2D eigenvalue weighted by atomic mass is 32.1. The first-order valence-corrected chi connectivity index (χ1v) is 6.95. The maximum atomic E-state index is 11.7. The smallest absolute Gasteiger partial charge is 0.270 e. The van der Waals surface area contributed by atoms with E-state index in [0.29, 0.717) is 16.3 Å². The number of nitrogens with zero attached hydrogens (tertiary/aromatic N) is 1. The predicted octanol–water partition coefficient (Wildman–Crippen LogP) is 1.73. The molecule has 0 aliphatic carbocycles. The number of ketones is 1. The third-order valence-electron chi connectivity index (χ3n) is 2.65. The minimum atomic E-state index is -0.315. The van der Waals surface area contributed by atoms with Crippen LogP contribution in [0, 0.1) is 0 Å². The highest BCUT2D eigenvalue weighted by Gasteiger charge is 2.12. The molecule has 0 fully saturated rings. The van der Waals surface area contributed by atoms with Crippen molar-refractivity contribution >= 4 is 23.0 Å². The van der Waals surface area contributed by atoms with Crippen molar-refractivity contribution in [3.8, 4) is 10.6 Å². The highest BCUT2D eigenvalue weighted by molar-refractivity contribution is 7.13. The van der Waals surface area contributed by atoms with Crippen LogP contribution in [0.25, 0.3) is 10.6 Å². The van der Waals surface area contributed by atoms with Gasteiger partial charge in [0.1, 0.15) is 10.7 Å². The van der Waals surface area contributed by atoms with Crippen LogP contribution < -0.4 is 5.32 Å². The molecule has 5 nitrogen and oxygen atoms in total.